The molecule has 24 heavy (non-hydrogen) atoms. The number of carbonyl (C=O) groups excluding carboxylic acids is 1. The lowest BCUT2D eigenvalue weighted by Gasteiger charge is -2.39. The van der Waals surface area contributed by atoms with E-state index < -0.39 is 0 Å². The summed E-state index contributed by atoms with van der Waals surface area (Å²) in [5.74, 6) is 0.209. The van der Waals surface area contributed by atoms with Crippen LogP contribution in [0.4, 0.5) is 4.39 Å². The van der Waals surface area contributed by atoms with Crippen LogP contribution in [0.15, 0.2) is 41.2 Å². The van der Waals surface area contributed by atoms with Gasteiger partial charge in [-0.15, -0.1) is 0 Å². The summed E-state index contributed by atoms with van der Waals surface area (Å²) < 4.78 is 20.2. The van der Waals surface area contributed by atoms with Gasteiger partial charge in [0.2, 0.25) is 5.91 Å². The summed E-state index contributed by atoms with van der Waals surface area (Å²) in [6, 6.07) is 9.19. The quantitative estimate of drug-likeness (QED) is 0.857. The molecule has 3 rings (SSSR count). The van der Waals surface area contributed by atoms with Crippen LogP contribution in [0, 0.1) is 12.7 Å². The van der Waals surface area contributed by atoms with Gasteiger partial charge in [0.1, 0.15) is 17.7 Å². The highest BCUT2D eigenvalue weighted by atomic mass is 19.1. The van der Waals surface area contributed by atoms with E-state index in [4.69, 9.17) is 4.74 Å². The Morgan fingerprint density at radius 1 is 1.25 bits per heavy atom. The molecule has 1 aliphatic heterocycles. The van der Waals surface area contributed by atoms with E-state index in [1.165, 1.54) is 18.2 Å². The van der Waals surface area contributed by atoms with E-state index in [9.17, 15) is 14.0 Å². The number of pyridine rings is 1. The zero-order valence-corrected chi connectivity index (χ0v) is 13.7. The minimum Gasteiger partial charge on any atom is -0.486 e. The molecule has 0 radical (unpaired) electrons. The average molecular weight is 330 g/mol. The van der Waals surface area contributed by atoms with Crippen LogP contribution in [0.1, 0.15) is 11.3 Å². The number of ether oxygens (including phenoxy) is 1. The van der Waals surface area contributed by atoms with Gasteiger partial charge in [0.15, 0.2) is 0 Å². The predicted molar refractivity (Wildman–Crippen MR) is 87.5 cm³/mol. The molecule has 0 aliphatic carbocycles. The maximum absolute atomic E-state index is 12.9. The van der Waals surface area contributed by atoms with E-state index in [2.05, 4.69) is 0 Å². The van der Waals surface area contributed by atoms with Crippen molar-refractivity contribution in [3.63, 3.8) is 0 Å². The van der Waals surface area contributed by atoms with E-state index in [-0.39, 0.29) is 29.8 Å². The molecular formula is C18H19FN2O3. The Morgan fingerprint density at radius 3 is 2.54 bits per heavy atom. The Labute approximate surface area is 139 Å². The molecule has 1 aromatic carbocycles. The summed E-state index contributed by atoms with van der Waals surface area (Å²) in [6.45, 7) is 2.83. The number of aryl methyl sites for hydroxylation is 1. The van der Waals surface area contributed by atoms with E-state index in [0.29, 0.717) is 18.8 Å². The lowest BCUT2D eigenvalue weighted by Crippen LogP contribution is -2.56. The van der Waals surface area contributed by atoms with Gasteiger partial charge in [-0.3, -0.25) is 9.59 Å². The zero-order valence-electron chi connectivity index (χ0n) is 13.7. The van der Waals surface area contributed by atoms with Crippen LogP contribution >= 0.6 is 0 Å². The second-order valence-electron chi connectivity index (χ2n) is 6.07. The number of carbonyl (C=O) groups is 1. The molecule has 0 spiro atoms. The van der Waals surface area contributed by atoms with Crippen LogP contribution in [0.3, 0.4) is 0 Å². The third-order valence-corrected chi connectivity index (χ3v) is 4.25. The molecule has 0 saturated carbocycles. The number of amides is 1. The molecule has 5 nitrogen and oxygen atoms in total. The molecule has 2 aromatic rings. The number of halogens is 1. The van der Waals surface area contributed by atoms with Gasteiger partial charge in [-0.05, 0) is 30.7 Å². The number of hydrogen-bond acceptors (Lipinski definition) is 3. The molecule has 0 unspecified atom stereocenters. The van der Waals surface area contributed by atoms with E-state index in [1.807, 2.05) is 13.0 Å². The fourth-order valence-corrected chi connectivity index (χ4v) is 2.60. The standard InChI is InChI=1S/C18H19FN2O3/c1-12-7-15(9-17(22)20(12)2)24-16-10-21(11-16)18(23)8-13-3-5-14(19)6-4-13/h3-7,9,16H,8,10-11H2,1-2H3. The van der Waals surface area contributed by atoms with Crippen LogP contribution in [-0.4, -0.2) is 34.6 Å². The largest absolute Gasteiger partial charge is 0.486 e. The second kappa shape index (κ2) is 6.47. The molecule has 1 amide bonds. The Hall–Kier alpha value is -2.63. The molecule has 2 heterocycles. The van der Waals surface area contributed by atoms with Crippen LogP contribution in [-0.2, 0) is 18.3 Å². The van der Waals surface area contributed by atoms with E-state index in [0.717, 1.165) is 11.3 Å². The van der Waals surface area contributed by atoms with Gasteiger partial charge in [-0.2, -0.15) is 0 Å². The average Bonchev–Trinajstić information content (AvgIpc) is 2.50. The number of likely N-dealkylation sites (tertiary alicyclic amines) is 1. The van der Waals surface area contributed by atoms with E-state index >= 15 is 0 Å². The van der Waals surface area contributed by atoms with Crippen molar-refractivity contribution in [3.05, 3.63) is 63.8 Å². The molecule has 1 aromatic heterocycles. The van der Waals surface area contributed by atoms with Crippen LogP contribution < -0.4 is 10.3 Å². The second-order valence-corrected chi connectivity index (χ2v) is 6.07. The number of hydrogen-bond donors (Lipinski definition) is 0. The Morgan fingerprint density at radius 2 is 1.92 bits per heavy atom. The van der Waals surface area contributed by atoms with Gasteiger partial charge in [0.05, 0.1) is 19.5 Å². The van der Waals surface area contributed by atoms with Crippen molar-refractivity contribution in [1.29, 1.82) is 0 Å². The molecular weight excluding hydrogens is 311 g/mol. The number of nitrogens with zero attached hydrogens (tertiary/aromatic N) is 2. The maximum atomic E-state index is 12.9. The number of aromatic nitrogens is 1. The predicted octanol–water partition coefficient (Wildman–Crippen LogP) is 1.67. The Kier molecular flexibility index (Phi) is 4.38. The molecule has 0 N–H and O–H groups in total. The van der Waals surface area contributed by atoms with Crippen molar-refractivity contribution in [2.24, 2.45) is 7.05 Å². The lowest BCUT2D eigenvalue weighted by atomic mass is 10.1. The first-order valence-corrected chi connectivity index (χ1v) is 7.79. The van der Waals surface area contributed by atoms with Gasteiger partial charge in [-0.1, -0.05) is 12.1 Å². The minimum absolute atomic E-state index is 0.0124. The fourth-order valence-electron chi connectivity index (χ4n) is 2.60. The van der Waals surface area contributed by atoms with Gasteiger partial charge in [0.25, 0.3) is 5.56 Å². The molecule has 126 valence electrons. The number of rotatable bonds is 4. The molecule has 1 fully saturated rings. The molecule has 0 atom stereocenters. The normalized spacial score (nSPS) is 14.4. The third-order valence-electron chi connectivity index (χ3n) is 4.25. The van der Waals surface area contributed by atoms with Gasteiger partial charge in [-0.25, -0.2) is 4.39 Å². The molecule has 0 bridgehead atoms. The van der Waals surface area contributed by atoms with Gasteiger partial charge in [0, 0.05) is 18.8 Å². The van der Waals surface area contributed by atoms with Crippen molar-refractivity contribution >= 4 is 5.91 Å². The Balaban J connectivity index is 1.53. The topological polar surface area (TPSA) is 51.5 Å². The first-order valence-electron chi connectivity index (χ1n) is 7.79. The SMILES string of the molecule is Cc1cc(OC2CN(C(=O)Cc3ccc(F)cc3)C2)cc(=O)n1C. The van der Waals surface area contributed by atoms with Crippen molar-refractivity contribution in [1.82, 2.24) is 9.47 Å². The summed E-state index contributed by atoms with van der Waals surface area (Å²) in [5, 5.41) is 0. The minimum atomic E-state index is -0.312. The fraction of sp³-hybridized carbons (Fsp3) is 0.333. The lowest BCUT2D eigenvalue weighted by molar-refractivity contribution is -0.139. The summed E-state index contributed by atoms with van der Waals surface area (Å²) in [6.07, 6.45) is 0.145. The molecule has 1 aliphatic rings. The van der Waals surface area contributed by atoms with E-state index in [1.54, 1.807) is 28.6 Å². The summed E-state index contributed by atoms with van der Waals surface area (Å²) in [5.41, 5.74) is 1.49. The van der Waals surface area contributed by atoms with Crippen LogP contribution in [0.25, 0.3) is 0 Å². The summed E-state index contributed by atoms with van der Waals surface area (Å²) >= 11 is 0. The zero-order chi connectivity index (χ0) is 17.3. The van der Waals surface area contributed by atoms with Crippen LogP contribution in [0.2, 0.25) is 0 Å². The van der Waals surface area contributed by atoms with Gasteiger partial charge < -0.3 is 14.2 Å². The first kappa shape index (κ1) is 16.2. The number of benzene rings is 1. The van der Waals surface area contributed by atoms with Crippen molar-refractivity contribution in [2.75, 3.05) is 13.1 Å². The highest BCUT2D eigenvalue weighted by Crippen LogP contribution is 2.18. The van der Waals surface area contributed by atoms with Crippen molar-refractivity contribution in [3.8, 4) is 5.75 Å². The summed E-state index contributed by atoms with van der Waals surface area (Å²) in [4.78, 5) is 25.6. The van der Waals surface area contributed by atoms with Crippen molar-refractivity contribution in [2.45, 2.75) is 19.4 Å². The smallest absolute Gasteiger partial charge is 0.254 e. The Bertz CT molecular complexity index is 808. The van der Waals surface area contributed by atoms with Crippen LogP contribution in [0.5, 0.6) is 5.75 Å². The van der Waals surface area contributed by atoms with Gasteiger partial charge >= 0.3 is 0 Å². The summed E-state index contributed by atoms with van der Waals surface area (Å²) in [7, 11) is 1.71. The molecule has 6 heteroatoms. The monoisotopic (exact) mass is 330 g/mol. The maximum Gasteiger partial charge on any atom is 0.254 e. The highest BCUT2D eigenvalue weighted by molar-refractivity contribution is 5.79. The third kappa shape index (κ3) is 3.48. The molecule has 1 saturated heterocycles. The highest BCUT2D eigenvalue weighted by Gasteiger charge is 2.32. The first-order chi connectivity index (χ1) is 11.4. The van der Waals surface area contributed by atoms with Crippen molar-refractivity contribution < 1.29 is 13.9 Å².